The van der Waals surface area contributed by atoms with Crippen LogP contribution >= 0.6 is 11.8 Å². The maximum Gasteiger partial charge on any atom is 0.140 e. The number of rotatable bonds is 1. The third-order valence-electron chi connectivity index (χ3n) is 4.16. The van der Waals surface area contributed by atoms with Crippen LogP contribution in [0.1, 0.15) is 0 Å². The Hall–Kier alpha value is -2.85. The van der Waals surface area contributed by atoms with Crippen LogP contribution in [0.3, 0.4) is 0 Å². The normalized spacial score (nSPS) is 12.0. The van der Waals surface area contributed by atoms with Crippen molar-refractivity contribution < 1.29 is 0 Å². The van der Waals surface area contributed by atoms with Crippen molar-refractivity contribution >= 4 is 11.8 Å². The number of nitrogens with zero attached hydrogens (tertiary/aromatic N) is 2. The Morgan fingerprint density at radius 3 is 2.33 bits per heavy atom. The van der Waals surface area contributed by atoms with Gasteiger partial charge in [0.2, 0.25) is 0 Å². The van der Waals surface area contributed by atoms with Crippen LogP contribution in [0.25, 0.3) is 33.9 Å². The molecule has 0 saturated heterocycles. The van der Waals surface area contributed by atoms with Gasteiger partial charge in [0.15, 0.2) is 0 Å². The lowest BCUT2D eigenvalue weighted by Gasteiger charge is -2.05. The highest BCUT2D eigenvalue weighted by atomic mass is 32.2. The van der Waals surface area contributed by atoms with Crippen LogP contribution in [0.2, 0.25) is 0 Å². The number of H-pyrrole nitrogens is 1. The minimum absolute atomic E-state index is 0.851. The molecule has 5 rings (SSSR count). The van der Waals surface area contributed by atoms with Gasteiger partial charge in [0, 0.05) is 38.9 Å². The van der Waals surface area contributed by atoms with Crippen LogP contribution in [0, 0.1) is 0 Å². The summed E-state index contributed by atoms with van der Waals surface area (Å²) in [5, 5.41) is 0. The summed E-state index contributed by atoms with van der Waals surface area (Å²) in [6, 6.07) is 20.9. The van der Waals surface area contributed by atoms with Gasteiger partial charge in [0.25, 0.3) is 0 Å². The first-order valence-corrected chi connectivity index (χ1v) is 8.59. The van der Waals surface area contributed by atoms with Crippen molar-refractivity contribution in [2.24, 2.45) is 0 Å². The zero-order chi connectivity index (χ0) is 15.9. The van der Waals surface area contributed by atoms with Gasteiger partial charge in [-0.05, 0) is 24.3 Å². The molecule has 2 aromatic heterocycles. The quantitative estimate of drug-likeness (QED) is 0.456. The molecule has 0 atom stereocenters. The number of hydrogen-bond acceptors (Lipinski definition) is 3. The summed E-state index contributed by atoms with van der Waals surface area (Å²) >= 11 is 1.79. The van der Waals surface area contributed by atoms with Crippen molar-refractivity contribution in [2.75, 3.05) is 0 Å². The molecular formula is C20H13N3S. The van der Waals surface area contributed by atoms with Crippen molar-refractivity contribution in [3.05, 3.63) is 73.1 Å². The largest absolute Gasteiger partial charge is 0.337 e. The summed E-state index contributed by atoms with van der Waals surface area (Å²) in [5.74, 6) is 0.851. The van der Waals surface area contributed by atoms with E-state index < -0.39 is 0 Å². The van der Waals surface area contributed by atoms with Gasteiger partial charge in [0.05, 0.1) is 11.4 Å². The first-order valence-electron chi connectivity index (χ1n) is 7.77. The summed E-state index contributed by atoms with van der Waals surface area (Å²) in [5.41, 5.74) is 5.42. The van der Waals surface area contributed by atoms with Crippen molar-refractivity contribution in [3.8, 4) is 33.9 Å². The van der Waals surface area contributed by atoms with Crippen LogP contribution < -0.4 is 0 Å². The molecule has 0 bridgehead atoms. The fourth-order valence-electron chi connectivity index (χ4n) is 3.03. The number of fused-ring (bicyclic) bond motifs is 5. The number of aromatic nitrogens is 3. The lowest BCUT2D eigenvalue weighted by atomic mass is 10.1. The average Bonchev–Trinajstić information content (AvgIpc) is 3.03. The van der Waals surface area contributed by atoms with Crippen molar-refractivity contribution in [2.45, 2.75) is 9.79 Å². The molecule has 0 saturated carbocycles. The molecule has 24 heavy (non-hydrogen) atoms. The molecule has 3 heterocycles. The Balaban J connectivity index is 1.82. The average molecular weight is 327 g/mol. The number of nitrogens with one attached hydrogen (secondary N) is 1. The highest BCUT2D eigenvalue weighted by Crippen LogP contribution is 2.47. The maximum atomic E-state index is 4.91. The molecule has 0 unspecified atom stereocenters. The Morgan fingerprint density at radius 1 is 0.792 bits per heavy atom. The second kappa shape index (κ2) is 5.35. The number of pyridine rings is 1. The van der Waals surface area contributed by atoms with Gasteiger partial charge in [-0.3, -0.25) is 4.98 Å². The van der Waals surface area contributed by atoms with Gasteiger partial charge in [-0.25, -0.2) is 4.98 Å². The van der Waals surface area contributed by atoms with Crippen LogP contribution in [-0.2, 0) is 0 Å². The highest BCUT2D eigenvalue weighted by molar-refractivity contribution is 7.99. The zero-order valence-corrected chi connectivity index (χ0v) is 13.5. The van der Waals surface area contributed by atoms with E-state index in [2.05, 4.69) is 58.5 Å². The minimum atomic E-state index is 0.851. The number of aromatic amines is 1. The van der Waals surface area contributed by atoms with Crippen molar-refractivity contribution in [1.29, 1.82) is 0 Å². The van der Waals surface area contributed by atoms with E-state index in [-0.39, 0.29) is 0 Å². The number of benzene rings is 2. The van der Waals surface area contributed by atoms with E-state index in [9.17, 15) is 0 Å². The van der Waals surface area contributed by atoms with Gasteiger partial charge >= 0.3 is 0 Å². The molecule has 3 nitrogen and oxygen atoms in total. The smallest absolute Gasteiger partial charge is 0.140 e. The second-order valence-electron chi connectivity index (χ2n) is 5.65. The molecule has 1 aliphatic heterocycles. The topological polar surface area (TPSA) is 41.6 Å². The number of hydrogen-bond donors (Lipinski definition) is 1. The van der Waals surface area contributed by atoms with Crippen LogP contribution in [0.4, 0.5) is 0 Å². The molecule has 0 fully saturated rings. The fourth-order valence-corrected chi connectivity index (χ4v) is 4.12. The maximum absolute atomic E-state index is 4.91. The molecule has 4 heteroatoms. The third-order valence-corrected chi connectivity index (χ3v) is 5.31. The van der Waals surface area contributed by atoms with E-state index in [1.54, 1.807) is 18.0 Å². The van der Waals surface area contributed by atoms with Crippen LogP contribution in [0.15, 0.2) is 82.8 Å². The molecule has 4 aromatic rings. The summed E-state index contributed by atoms with van der Waals surface area (Å²) in [6.07, 6.45) is 3.61. The Labute approximate surface area is 143 Å². The van der Waals surface area contributed by atoms with E-state index in [4.69, 9.17) is 4.98 Å². The monoisotopic (exact) mass is 327 g/mol. The molecule has 2 aromatic carbocycles. The summed E-state index contributed by atoms with van der Waals surface area (Å²) in [7, 11) is 0. The van der Waals surface area contributed by atoms with Gasteiger partial charge in [-0.15, -0.1) is 0 Å². The molecule has 0 aliphatic carbocycles. The van der Waals surface area contributed by atoms with E-state index in [0.717, 1.165) is 22.8 Å². The third kappa shape index (κ3) is 2.07. The van der Waals surface area contributed by atoms with E-state index in [1.807, 2.05) is 18.3 Å². The van der Waals surface area contributed by atoms with Gasteiger partial charge in [0.1, 0.15) is 5.82 Å². The molecule has 1 N–H and O–H groups in total. The van der Waals surface area contributed by atoms with Crippen molar-refractivity contribution in [1.82, 2.24) is 15.0 Å². The SMILES string of the molecule is c1cncc(-c2nc3c([nH]2)-c2ccccc2Sc2ccccc2-3)c1. The fraction of sp³-hybridized carbons (Fsp3) is 0. The molecular weight excluding hydrogens is 314 g/mol. The predicted octanol–water partition coefficient (Wildman–Crippen LogP) is 5.27. The molecule has 1 aliphatic rings. The number of imidazole rings is 1. The van der Waals surface area contributed by atoms with Gasteiger partial charge in [-0.1, -0.05) is 48.2 Å². The van der Waals surface area contributed by atoms with E-state index in [0.29, 0.717) is 0 Å². The standard InChI is InChI=1S/C20H13N3S/c1-3-9-16-14(7-1)18-19(15-8-2-4-10-17(15)24-16)23-20(22-18)13-6-5-11-21-12-13/h1-12H,(H,22,23). The Bertz CT molecular complexity index is 975. The lowest BCUT2D eigenvalue weighted by molar-refractivity contribution is 1.25. The Morgan fingerprint density at radius 2 is 1.54 bits per heavy atom. The zero-order valence-electron chi connectivity index (χ0n) is 12.7. The summed E-state index contributed by atoms with van der Waals surface area (Å²) < 4.78 is 0. The second-order valence-corrected chi connectivity index (χ2v) is 6.73. The highest BCUT2D eigenvalue weighted by Gasteiger charge is 2.23. The first-order chi connectivity index (χ1) is 11.9. The molecule has 0 amide bonds. The lowest BCUT2D eigenvalue weighted by Crippen LogP contribution is -1.83. The van der Waals surface area contributed by atoms with Crippen LogP contribution in [-0.4, -0.2) is 15.0 Å². The van der Waals surface area contributed by atoms with Crippen molar-refractivity contribution in [3.63, 3.8) is 0 Å². The predicted molar refractivity (Wildman–Crippen MR) is 96.8 cm³/mol. The van der Waals surface area contributed by atoms with E-state index in [1.165, 1.54) is 20.9 Å². The molecule has 0 radical (unpaired) electrons. The summed E-state index contributed by atoms with van der Waals surface area (Å²) in [4.78, 5) is 15.1. The molecule has 114 valence electrons. The van der Waals surface area contributed by atoms with Crippen LogP contribution in [0.5, 0.6) is 0 Å². The minimum Gasteiger partial charge on any atom is -0.337 e. The van der Waals surface area contributed by atoms with Gasteiger partial charge in [-0.2, -0.15) is 0 Å². The van der Waals surface area contributed by atoms with Gasteiger partial charge < -0.3 is 4.98 Å². The first kappa shape index (κ1) is 13.6. The molecule has 0 spiro atoms. The Kier molecular flexibility index (Phi) is 3.03. The summed E-state index contributed by atoms with van der Waals surface area (Å²) in [6.45, 7) is 0. The van der Waals surface area contributed by atoms with E-state index >= 15 is 0 Å².